The van der Waals surface area contributed by atoms with Crippen LogP contribution in [0.25, 0.3) is 0 Å². The van der Waals surface area contributed by atoms with Crippen molar-refractivity contribution in [2.24, 2.45) is 5.92 Å². The summed E-state index contributed by atoms with van der Waals surface area (Å²) in [7, 11) is 1.91. The van der Waals surface area contributed by atoms with E-state index in [1.807, 2.05) is 7.05 Å². The highest BCUT2D eigenvalue weighted by atomic mass is 127. The average molecular weight is 375 g/mol. The fraction of sp³-hybridized carbons (Fsp3) is 0.714. The van der Waals surface area contributed by atoms with Gasteiger partial charge in [-0.2, -0.15) is 0 Å². The highest BCUT2D eigenvalue weighted by molar-refractivity contribution is 14.1. The summed E-state index contributed by atoms with van der Waals surface area (Å²) < 4.78 is 6.99. The first kappa shape index (κ1) is 15.0. The minimum Gasteiger partial charge on any atom is -0.372 e. The van der Waals surface area contributed by atoms with Crippen molar-refractivity contribution in [1.82, 2.24) is 9.97 Å². The summed E-state index contributed by atoms with van der Waals surface area (Å²) in [6, 6.07) is 0. The molecule has 1 aromatic rings. The van der Waals surface area contributed by atoms with Crippen molar-refractivity contribution in [1.29, 1.82) is 0 Å². The number of nitrogens with zero attached hydrogens (tertiary/aromatic N) is 2. The lowest BCUT2D eigenvalue weighted by atomic mass is 10.0. The summed E-state index contributed by atoms with van der Waals surface area (Å²) in [5.41, 5.74) is 0.809. The Labute approximate surface area is 128 Å². The summed E-state index contributed by atoms with van der Waals surface area (Å²) in [5, 5.41) is 3.18. The highest BCUT2D eigenvalue weighted by Crippen LogP contribution is 2.35. The van der Waals surface area contributed by atoms with Crippen LogP contribution in [-0.4, -0.2) is 23.6 Å². The van der Waals surface area contributed by atoms with Gasteiger partial charge >= 0.3 is 0 Å². The second-order valence-corrected chi connectivity index (χ2v) is 6.77. The molecule has 1 saturated heterocycles. The van der Waals surface area contributed by atoms with Crippen molar-refractivity contribution in [3.8, 4) is 0 Å². The first-order valence-electron chi connectivity index (χ1n) is 6.85. The minimum atomic E-state index is -0.318. The van der Waals surface area contributed by atoms with Gasteiger partial charge < -0.3 is 10.1 Å². The Morgan fingerprint density at radius 1 is 1.42 bits per heavy atom. The smallest absolute Gasteiger partial charge is 0.162 e. The maximum absolute atomic E-state index is 5.87. The number of hydrogen-bond acceptors (Lipinski definition) is 4. The lowest BCUT2D eigenvalue weighted by Crippen LogP contribution is -2.25. The molecular formula is C14H22IN3O. The van der Waals surface area contributed by atoms with Crippen LogP contribution in [0.1, 0.15) is 45.1 Å². The van der Waals surface area contributed by atoms with E-state index in [9.17, 15) is 0 Å². The summed E-state index contributed by atoms with van der Waals surface area (Å²) in [6.07, 6.45) is 3.05. The van der Waals surface area contributed by atoms with Gasteiger partial charge in [-0.3, -0.25) is 0 Å². The molecule has 2 heterocycles. The zero-order valence-electron chi connectivity index (χ0n) is 12.1. The molecule has 19 heavy (non-hydrogen) atoms. The Kier molecular flexibility index (Phi) is 4.66. The van der Waals surface area contributed by atoms with Gasteiger partial charge in [-0.05, 0) is 54.7 Å². The topological polar surface area (TPSA) is 47.0 Å². The van der Waals surface area contributed by atoms with Crippen LogP contribution in [0.2, 0.25) is 0 Å². The molecule has 1 fully saturated rings. The second-order valence-electron chi connectivity index (χ2n) is 5.69. The van der Waals surface area contributed by atoms with Crippen LogP contribution in [0.5, 0.6) is 0 Å². The van der Waals surface area contributed by atoms with E-state index >= 15 is 0 Å². The molecule has 0 spiro atoms. The second kappa shape index (κ2) is 5.91. The first-order valence-corrected chi connectivity index (χ1v) is 7.93. The van der Waals surface area contributed by atoms with E-state index in [4.69, 9.17) is 9.72 Å². The van der Waals surface area contributed by atoms with E-state index in [0.717, 1.165) is 46.8 Å². The molecule has 0 radical (unpaired) electrons. The maximum atomic E-state index is 5.87. The molecule has 0 saturated carbocycles. The van der Waals surface area contributed by atoms with Crippen LogP contribution in [0.3, 0.4) is 0 Å². The molecule has 0 amide bonds. The molecule has 1 atom stereocenters. The van der Waals surface area contributed by atoms with E-state index in [1.54, 1.807) is 0 Å². The van der Waals surface area contributed by atoms with Gasteiger partial charge in [0.1, 0.15) is 11.4 Å². The number of anilines is 1. The third-order valence-corrected chi connectivity index (χ3v) is 4.58. The van der Waals surface area contributed by atoms with Gasteiger partial charge in [0.25, 0.3) is 0 Å². The van der Waals surface area contributed by atoms with Crippen LogP contribution in [0.15, 0.2) is 0 Å². The molecule has 5 heteroatoms. The molecule has 0 bridgehead atoms. The van der Waals surface area contributed by atoms with Gasteiger partial charge in [0.05, 0.1) is 9.26 Å². The van der Waals surface area contributed by atoms with Crippen molar-refractivity contribution in [3.63, 3.8) is 0 Å². The Bertz CT molecular complexity index is 456. The van der Waals surface area contributed by atoms with Crippen molar-refractivity contribution in [2.45, 2.75) is 45.6 Å². The SMILES string of the molecule is CNc1nc(C2(C)CCCO2)nc(CC(C)C)c1I. The predicted molar refractivity (Wildman–Crippen MR) is 85.4 cm³/mol. The summed E-state index contributed by atoms with van der Waals surface area (Å²) in [5.74, 6) is 2.32. The van der Waals surface area contributed by atoms with Gasteiger partial charge in [0, 0.05) is 13.7 Å². The third kappa shape index (κ3) is 3.18. The molecule has 1 N–H and O–H groups in total. The van der Waals surface area contributed by atoms with Crippen molar-refractivity contribution in [3.05, 3.63) is 15.1 Å². The predicted octanol–water partition coefficient (Wildman–Crippen LogP) is 3.35. The number of ether oxygens (including phenoxy) is 1. The largest absolute Gasteiger partial charge is 0.372 e. The molecule has 4 nitrogen and oxygen atoms in total. The fourth-order valence-corrected chi connectivity index (χ4v) is 3.10. The Morgan fingerprint density at radius 3 is 2.68 bits per heavy atom. The van der Waals surface area contributed by atoms with E-state index < -0.39 is 0 Å². The number of halogens is 1. The molecule has 106 valence electrons. The lowest BCUT2D eigenvalue weighted by Gasteiger charge is -2.23. The maximum Gasteiger partial charge on any atom is 0.162 e. The van der Waals surface area contributed by atoms with Gasteiger partial charge in [0.2, 0.25) is 0 Å². The molecule has 2 rings (SSSR count). The first-order chi connectivity index (χ1) is 8.96. The molecule has 1 aliphatic rings. The quantitative estimate of drug-likeness (QED) is 0.820. The number of nitrogens with one attached hydrogen (secondary N) is 1. The molecule has 1 unspecified atom stereocenters. The molecule has 0 aliphatic carbocycles. The monoisotopic (exact) mass is 375 g/mol. The summed E-state index contributed by atoms with van der Waals surface area (Å²) >= 11 is 2.33. The van der Waals surface area contributed by atoms with E-state index in [0.29, 0.717) is 5.92 Å². The van der Waals surface area contributed by atoms with Crippen LogP contribution in [-0.2, 0) is 16.8 Å². The Balaban J connectivity index is 2.44. The van der Waals surface area contributed by atoms with Crippen LogP contribution in [0.4, 0.5) is 5.82 Å². The van der Waals surface area contributed by atoms with E-state index in [-0.39, 0.29) is 5.60 Å². The van der Waals surface area contributed by atoms with Gasteiger partial charge in [-0.1, -0.05) is 13.8 Å². The van der Waals surface area contributed by atoms with Crippen LogP contribution < -0.4 is 5.32 Å². The molecule has 0 aromatic carbocycles. The number of hydrogen-bond donors (Lipinski definition) is 1. The molecule has 1 aliphatic heterocycles. The zero-order chi connectivity index (χ0) is 14.0. The highest BCUT2D eigenvalue weighted by Gasteiger charge is 2.35. The Hall–Kier alpha value is -0.430. The Morgan fingerprint density at radius 2 is 2.16 bits per heavy atom. The summed E-state index contributed by atoms with van der Waals surface area (Å²) in [4.78, 5) is 9.45. The van der Waals surface area contributed by atoms with Gasteiger partial charge in [-0.25, -0.2) is 9.97 Å². The number of rotatable bonds is 4. The third-order valence-electron chi connectivity index (χ3n) is 3.45. The lowest BCUT2D eigenvalue weighted by molar-refractivity contribution is 0.00921. The van der Waals surface area contributed by atoms with Crippen LogP contribution in [0, 0.1) is 9.49 Å². The van der Waals surface area contributed by atoms with E-state index in [2.05, 4.69) is 53.7 Å². The standard InChI is InChI=1S/C14H22IN3O/c1-9(2)8-10-11(15)12(16-4)18-13(17-10)14(3)6-5-7-19-14/h9H,5-8H2,1-4H3,(H,16,17,18). The van der Waals surface area contributed by atoms with Gasteiger partial charge in [0.15, 0.2) is 5.82 Å². The zero-order valence-corrected chi connectivity index (χ0v) is 14.2. The van der Waals surface area contributed by atoms with Gasteiger partial charge in [-0.15, -0.1) is 0 Å². The summed E-state index contributed by atoms with van der Waals surface area (Å²) in [6.45, 7) is 7.33. The van der Waals surface area contributed by atoms with Crippen molar-refractivity contribution in [2.75, 3.05) is 19.0 Å². The normalized spacial score (nSPS) is 23.1. The molecule has 1 aromatic heterocycles. The van der Waals surface area contributed by atoms with Crippen molar-refractivity contribution >= 4 is 28.4 Å². The van der Waals surface area contributed by atoms with Crippen molar-refractivity contribution < 1.29 is 4.74 Å². The van der Waals surface area contributed by atoms with Crippen LogP contribution >= 0.6 is 22.6 Å². The fourth-order valence-electron chi connectivity index (χ4n) is 2.37. The minimum absolute atomic E-state index is 0.318. The average Bonchev–Trinajstić information content (AvgIpc) is 2.79. The van der Waals surface area contributed by atoms with E-state index in [1.165, 1.54) is 0 Å². The number of aromatic nitrogens is 2. The molecular weight excluding hydrogens is 353 g/mol.